The lowest BCUT2D eigenvalue weighted by atomic mass is 10.0. The number of nitrogens with zero attached hydrogens (tertiary/aromatic N) is 2. The first kappa shape index (κ1) is 11.8. The molecule has 1 heterocycles. The summed E-state index contributed by atoms with van der Waals surface area (Å²) in [7, 11) is 3.61. The van der Waals surface area contributed by atoms with Crippen LogP contribution in [-0.2, 0) is 9.59 Å². The van der Waals surface area contributed by atoms with Crippen LogP contribution in [0.15, 0.2) is 11.8 Å². The lowest BCUT2D eigenvalue weighted by molar-refractivity contribution is -0.134. The Labute approximate surface area is 90.5 Å². The van der Waals surface area contributed by atoms with Crippen LogP contribution in [0.25, 0.3) is 0 Å². The van der Waals surface area contributed by atoms with Gasteiger partial charge in [0.15, 0.2) is 5.78 Å². The first-order valence-corrected chi connectivity index (χ1v) is 5.16. The molecule has 0 aliphatic carbocycles. The van der Waals surface area contributed by atoms with Crippen molar-refractivity contribution in [2.24, 2.45) is 0 Å². The van der Waals surface area contributed by atoms with Crippen LogP contribution in [0.4, 0.5) is 0 Å². The minimum absolute atomic E-state index is 0.0504. The first-order chi connectivity index (χ1) is 6.93. The number of carbonyl (C=O) groups excluding carboxylic acids is 2. The molecule has 0 aromatic heterocycles. The van der Waals surface area contributed by atoms with Gasteiger partial charge in [-0.05, 0) is 13.8 Å². The summed E-state index contributed by atoms with van der Waals surface area (Å²) in [5, 5.41) is 0. The van der Waals surface area contributed by atoms with E-state index in [0.29, 0.717) is 18.5 Å². The van der Waals surface area contributed by atoms with Gasteiger partial charge in [0.2, 0.25) is 0 Å². The Balaban J connectivity index is 2.94. The molecule has 0 aromatic carbocycles. The van der Waals surface area contributed by atoms with E-state index in [9.17, 15) is 9.59 Å². The molecule has 4 nitrogen and oxygen atoms in total. The monoisotopic (exact) mass is 210 g/mol. The van der Waals surface area contributed by atoms with Gasteiger partial charge in [-0.15, -0.1) is 0 Å². The maximum atomic E-state index is 11.9. The fourth-order valence-electron chi connectivity index (χ4n) is 1.61. The van der Waals surface area contributed by atoms with Crippen molar-refractivity contribution < 1.29 is 9.59 Å². The normalized spacial score (nSPS) is 20.3. The fourth-order valence-corrected chi connectivity index (χ4v) is 1.61. The summed E-state index contributed by atoms with van der Waals surface area (Å²) in [5.41, 5.74) is 0.306. The Kier molecular flexibility index (Phi) is 3.50. The summed E-state index contributed by atoms with van der Waals surface area (Å²) in [6.07, 6.45) is 2.04. The summed E-state index contributed by atoms with van der Waals surface area (Å²) in [6.45, 7) is 4.46. The number of hydrogen-bond acceptors (Lipinski definition) is 3. The van der Waals surface area contributed by atoms with Crippen molar-refractivity contribution in [1.82, 2.24) is 9.80 Å². The topological polar surface area (TPSA) is 40.6 Å². The van der Waals surface area contributed by atoms with Crippen molar-refractivity contribution in [3.05, 3.63) is 11.8 Å². The van der Waals surface area contributed by atoms with Crippen LogP contribution in [0.3, 0.4) is 0 Å². The molecule has 0 aromatic rings. The molecule has 0 saturated carbocycles. The first-order valence-electron chi connectivity index (χ1n) is 5.16. The lowest BCUT2D eigenvalue weighted by Crippen LogP contribution is -2.45. The van der Waals surface area contributed by atoms with Crippen molar-refractivity contribution in [3.63, 3.8) is 0 Å². The van der Waals surface area contributed by atoms with Gasteiger partial charge in [-0.3, -0.25) is 9.59 Å². The Morgan fingerprint density at radius 3 is 2.40 bits per heavy atom. The average molecular weight is 210 g/mol. The number of hydrogen-bond donors (Lipinski definition) is 0. The van der Waals surface area contributed by atoms with Crippen LogP contribution in [-0.4, -0.2) is 48.2 Å². The molecule has 1 amide bonds. The third-order valence-electron chi connectivity index (χ3n) is 2.38. The highest BCUT2D eigenvalue weighted by molar-refractivity contribution is 6.20. The van der Waals surface area contributed by atoms with Crippen LogP contribution >= 0.6 is 0 Å². The molecular formula is C11H18N2O2. The maximum Gasteiger partial charge on any atom is 0.259 e. The van der Waals surface area contributed by atoms with Crippen LogP contribution in [0.5, 0.6) is 0 Å². The molecule has 1 fully saturated rings. The Morgan fingerprint density at radius 2 is 1.93 bits per heavy atom. The molecule has 0 unspecified atom stereocenters. The van der Waals surface area contributed by atoms with Gasteiger partial charge in [-0.25, -0.2) is 0 Å². The third kappa shape index (κ3) is 2.58. The fraction of sp³-hybridized carbons (Fsp3) is 0.636. The largest absolute Gasteiger partial charge is 0.383 e. The van der Waals surface area contributed by atoms with Crippen molar-refractivity contribution in [1.29, 1.82) is 0 Å². The zero-order valence-corrected chi connectivity index (χ0v) is 9.78. The molecule has 0 spiro atoms. The Morgan fingerprint density at radius 1 is 1.33 bits per heavy atom. The minimum Gasteiger partial charge on any atom is -0.383 e. The zero-order valence-electron chi connectivity index (χ0n) is 9.78. The van der Waals surface area contributed by atoms with Gasteiger partial charge in [0.1, 0.15) is 0 Å². The standard InChI is InChI=1S/C11H18N2O2/c1-8(2)13-6-5-10(14)9(11(13)15)7-12(3)4/h7-8H,5-6H2,1-4H3. The number of ketones is 1. The van der Waals surface area contributed by atoms with E-state index >= 15 is 0 Å². The molecule has 84 valence electrons. The smallest absolute Gasteiger partial charge is 0.259 e. The number of piperidine rings is 1. The highest BCUT2D eigenvalue weighted by Crippen LogP contribution is 2.16. The van der Waals surface area contributed by atoms with Crippen molar-refractivity contribution in [2.75, 3.05) is 20.6 Å². The van der Waals surface area contributed by atoms with Crippen molar-refractivity contribution >= 4 is 11.7 Å². The van der Waals surface area contributed by atoms with E-state index in [1.807, 2.05) is 27.9 Å². The molecule has 1 saturated heterocycles. The second-order valence-electron chi connectivity index (χ2n) is 4.27. The molecule has 1 aliphatic heterocycles. The van der Waals surface area contributed by atoms with E-state index in [1.54, 1.807) is 16.0 Å². The number of likely N-dealkylation sites (tertiary alicyclic amines) is 1. The number of rotatable bonds is 2. The van der Waals surface area contributed by atoms with E-state index in [4.69, 9.17) is 0 Å². The number of Topliss-reactive ketones (excluding diaryl/α,β-unsaturated/α-hetero) is 1. The Hall–Kier alpha value is -1.32. The van der Waals surface area contributed by atoms with Crippen LogP contribution < -0.4 is 0 Å². The second kappa shape index (κ2) is 4.47. The van der Waals surface area contributed by atoms with Crippen LogP contribution in [0.2, 0.25) is 0 Å². The van der Waals surface area contributed by atoms with Crippen LogP contribution in [0, 0.1) is 0 Å². The van der Waals surface area contributed by atoms with E-state index in [1.165, 1.54) is 0 Å². The molecule has 1 rings (SSSR count). The zero-order chi connectivity index (χ0) is 11.6. The number of carbonyl (C=O) groups is 2. The molecule has 0 N–H and O–H groups in total. The maximum absolute atomic E-state index is 11.9. The van der Waals surface area contributed by atoms with E-state index in [2.05, 4.69) is 0 Å². The van der Waals surface area contributed by atoms with Crippen molar-refractivity contribution in [2.45, 2.75) is 26.3 Å². The number of amides is 1. The predicted molar refractivity (Wildman–Crippen MR) is 58.2 cm³/mol. The van der Waals surface area contributed by atoms with E-state index < -0.39 is 0 Å². The van der Waals surface area contributed by atoms with Gasteiger partial charge >= 0.3 is 0 Å². The quantitative estimate of drug-likeness (QED) is 0.496. The third-order valence-corrected chi connectivity index (χ3v) is 2.38. The van der Waals surface area contributed by atoms with Gasteiger partial charge in [0, 0.05) is 39.3 Å². The summed E-state index contributed by atoms with van der Waals surface area (Å²) in [5.74, 6) is -0.194. The second-order valence-corrected chi connectivity index (χ2v) is 4.27. The van der Waals surface area contributed by atoms with Gasteiger partial charge in [-0.1, -0.05) is 0 Å². The highest BCUT2D eigenvalue weighted by Gasteiger charge is 2.30. The van der Waals surface area contributed by atoms with E-state index in [-0.39, 0.29) is 17.7 Å². The van der Waals surface area contributed by atoms with Gasteiger partial charge in [-0.2, -0.15) is 0 Å². The molecule has 0 atom stereocenters. The van der Waals surface area contributed by atoms with Gasteiger partial charge in [0.25, 0.3) is 5.91 Å². The molecule has 0 radical (unpaired) electrons. The van der Waals surface area contributed by atoms with Crippen molar-refractivity contribution in [3.8, 4) is 0 Å². The summed E-state index contributed by atoms with van der Waals surface area (Å²) >= 11 is 0. The SMILES string of the molecule is CC(C)N1CCC(=O)C(=CN(C)C)C1=O. The summed E-state index contributed by atoms with van der Waals surface area (Å²) in [6, 6.07) is 0.149. The molecular weight excluding hydrogens is 192 g/mol. The van der Waals surface area contributed by atoms with E-state index in [0.717, 1.165) is 0 Å². The van der Waals surface area contributed by atoms with Gasteiger partial charge < -0.3 is 9.80 Å². The minimum atomic E-state index is -0.144. The predicted octanol–water partition coefficient (Wildman–Crippen LogP) is 0.642. The molecule has 0 bridgehead atoms. The summed E-state index contributed by atoms with van der Waals surface area (Å²) < 4.78 is 0. The average Bonchev–Trinajstić information content (AvgIpc) is 2.11. The van der Waals surface area contributed by atoms with Crippen LogP contribution in [0.1, 0.15) is 20.3 Å². The molecule has 4 heteroatoms. The Bertz CT molecular complexity index is 306. The van der Waals surface area contributed by atoms with Gasteiger partial charge in [0.05, 0.1) is 5.57 Å². The molecule has 1 aliphatic rings. The summed E-state index contributed by atoms with van der Waals surface area (Å²) in [4.78, 5) is 27.0. The molecule has 15 heavy (non-hydrogen) atoms. The highest BCUT2D eigenvalue weighted by atomic mass is 16.2. The lowest BCUT2D eigenvalue weighted by Gasteiger charge is -2.31.